The Morgan fingerprint density at radius 2 is 1.86 bits per heavy atom. The van der Waals surface area contributed by atoms with E-state index < -0.39 is 10.0 Å². The molecule has 1 aromatic carbocycles. The molecule has 0 aromatic heterocycles. The van der Waals surface area contributed by atoms with Gasteiger partial charge in [0.2, 0.25) is 0 Å². The van der Waals surface area contributed by atoms with E-state index >= 15 is 0 Å². The standard InChI is InChI=1S/C17H21NO2S/c1-12(2)15-10-17(14-6-7-14)18(11-15)21(19,20)16-8-4-13(3)5-9-16/h4-5,8-10,14-15H,1,6-7,11H2,2-3H3/t15-/m0/s1. The summed E-state index contributed by atoms with van der Waals surface area (Å²) in [6, 6.07) is 7.09. The molecule has 0 bridgehead atoms. The molecule has 0 unspecified atom stereocenters. The number of rotatable bonds is 4. The summed E-state index contributed by atoms with van der Waals surface area (Å²) in [6.07, 6.45) is 4.29. The van der Waals surface area contributed by atoms with Crippen molar-refractivity contribution in [1.82, 2.24) is 4.31 Å². The molecule has 2 aliphatic rings. The molecule has 1 aromatic rings. The summed E-state index contributed by atoms with van der Waals surface area (Å²) in [5.74, 6) is 0.551. The van der Waals surface area contributed by atoms with Gasteiger partial charge in [-0.1, -0.05) is 35.9 Å². The maximum Gasteiger partial charge on any atom is 0.264 e. The highest BCUT2D eigenvalue weighted by Crippen LogP contribution is 2.44. The van der Waals surface area contributed by atoms with Gasteiger partial charge in [0.05, 0.1) is 4.90 Å². The van der Waals surface area contributed by atoms with Crippen LogP contribution in [0.5, 0.6) is 0 Å². The van der Waals surface area contributed by atoms with Crippen molar-refractivity contribution in [2.24, 2.45) is 11.8 Å². The van der Waals surface area contributed by atoms with Crippen LogP contribution in [-0.4, -0.2) is 19.3 Å². The number of hydrogen-bond donors (Lipinski definition) is 0. The Balaban J connectivity index is 1.96. The lowest BCUT2D eigenvalue weighted by molar-refractivity contribution is 0.467. The molecule has 1 aliphatic heterocycles. The third-order valence-electron chi connectivity index (χ3n) is 4.26. The van der Waals surface area contributed by atoms with Gasteiger partial charge < -0.3 is 0 Å². The number of sulfonamides is 1. The van der Waals surface area contributed by atoms with Crippen LogP contribution in [0.2, 0.25) is 0 Å². The SMILES string of the molecule is C=C(C)[C@H]1C=C(C2CC2)N(S(=O)(=O)c2ccc(C)cc2)C1. The fourth-order valence-corrected chi connectivity index (χ4v) is 4.30. The van der Waals surface area contributed by atoms with E-state index in [1.807, 2.05) is 26.0 Å². The maximum absolute atomic E-state index is 12.9. The first-order valence-electron chi connectivity index (χ1n) is 7.36. The van der Waals surface area contributed by atoms with Gasteiger partial charge in [-0.25, -0.2) is 8.42 Å². The lowest BCUT2D eigenvalue weighted by atomic mass is 10.0. The van der Waals surface area contributed by atoms with Gasteiger partial charge in [-0.05, 0) is 44.7 Å². The Morgan fingerprint density at radius 3 is 2.38 bits per heavy atom. The Labute approximate surface area is 127 Å². The zero-order chi connectivity index (χ0) is 15.2. The molecule has 0 radical (unpaired) electrons. The van der Waals surface area contributed by atoms with Gasteiger partial charge in [0.1, 0.15) is 0 Å². The van der Waals surface area contributed by atoms with Crippen LogP contribution in [0.4, 0.5) is 0 Å². The summed E-state index contributed by atoms with van der Waals surface area (Å²) in [4.78, 5) is 0.377. The first-order valence-corrected chi connectivity index (χ1v) is 8.80. The van der Waals surface area contributed by atoms with Crippen molar-refractivity contribution in [2.75, 3.05) is 6.54 Å². The molecule has 0 N–H and O–H groups in total. The third-order valence-corrected chi connectivity index (χ3v) is 6.07. The Kier molecular flexibility index (Phi) is 3.44. The van der Waals surface area contributed by atoms with Crippen molar-refractivity contribution < 1.29 is 8.42 Å². The molecular weight excluding hydrogens is 282 g/mol. The third kappa shape index (κ3) is 2.64. The minimum atomic E-state index is -3.45. The van der Waals surface area contributed by atoms with E-state index in [1.165, 1.54) is 0 Å². The molecule has 1 heterocycles. The van der Waals surface area contributed by atoms with E-state index in [0.717, 1.165) is 29.7 Å². The van der Waals surface area contributed by atoms with E-state index in [2.05, 4.69) is 12.7 Å². The zero-order valence-electron chi connectivity index (χ0n) is 12.5. The normalized spacial score (nSPS) is 22.3. The Bertz CT molecular complexity index is 697. The van der Waals surface area contributed by atoms with Crippen LogP contribution in [0.1, 0.15) is 25.3 Å². The molecule has 1 atom stereocenters. The van der Waals surface area contributed by atoms with Gasteiger partial charge in [-0.3, -0.25) is 4.31 Å². The highest BCUT2D eigenvalue weighted by Gasteiger charge is 2.40. The van der Waals surface area contributed by atoms with Crippen LogP contribution in [0.25, 0.3) is 0 Å². The Morgan fingerprint density at radius 1 is 1.24 bits per heavy atom. The second-order valence-electron chi connectivity index (χ2n) is 6.17. The van der Waals surface area contributed by atoms with E-state index in [1.54, 1.807) is 16.4 Å². The van der Waals surface area contributed by atoms with Gasteiger partial charge in [-0.2, -0.15) is 0 Å². The van der Waals surface area contributed by atoms with Crippen molar-refractivity contribution in [3.05, 3.63) is 53.8 Å². The van der Waals surface area contributed by atoms with Crippen LogP contribution in [0.15, 0.2) is 53.1 Å². The smallest absolute Gasteiger partial charge is 0.264 e. The van der Waals surface area contributed by atoms with Gasteiger partial charge in [0.25, 0.3) is 10.0 Å². The number of aryl methyl sites for hydroxylation is 1. The Hall–Kier alpha value is -1.55. The lowest BCUT2D eigenvalue weighted by Gasteiger charge is -2.23. The van der Waals surface area contributed by atoms with E-state index in [9.17, 15) is 8.42 Å². The summed E-state index contributed by atoms with van der Waals surface area (Å²) < 4.78 is 27.4. The fraction of sp³-hybridized carbons (Fsp3) is 0.412. The van der Waals surface area contributed by atoms with Crippen molar-refractivity contribution in [2.45, 2.75) is 31.6 Å². The predicted molar refractivity (Wildman–Crippen MR) is 84.2 cm³/mol. The van der Waals surface area contributed by atoms with E-state index in [0.29, 0.717) is 17.4 Å². The lowest BCUT2D eigenvalue weighted by Crippen LogP contribution is -2.30. The highest BCUT2D eigenvalue weighted by molar-refractivity contribution is 7.89. The molecule has 3 nitrogen and oxygen atoms in total. The van der Waals surface area contributed by atoms with Crippen molar-refractivity contribution in [3.63, 3.8) is 0 Å². The summed E-state index contributed by atoms with van der Waals surface area (Å²) in [5, 5.41) is 0. The molecule has 3 rings (SSSR count). The molecule has 0 amide bonds. The summed E-state index contributed by atoms with van der Waals surface area (Å²) in [7, 11) is -3.45. The minimum Gasteiger partial charge on any atom is -0.269 e. The van der Waals surface area contributed by atoms with Gasteiger partial charge in [-0.15, -0.1) is 0 Å². The number of benzene rings is 1. The maximum atomic E-state index is 12.9. The monoisotopic (exact) mass is 303 g/mol. The van der Waals surface area contributed by atoms with Gasteiger partial charge in [0, 0.05) is 18.2 Å². The summed E-state index contributed by atoms with van der Waals surface area (Å²) in [5.41, 5.74) is 3.06. The zero-order valence-corrected chi connectivity index (χ0v) is 13.4. The highest BCUT2D eigenvalue weighted by atomic mass is 32.2. The fourth-order valence-electron chi connectivity index (χ4n) is 2.72. The average Bonchev–Trinajstić information content (AvgIpc) is 3.17. The molecule has 4 heteroatoms. The second kappa shape index (κ2) is 5.02. The molecule has 0 spiro atoms. The topological polar surface area (TPSA) is 37.4 Å². The number of allylic oxidation sites excluding steroid dienone is 1. The van der Waals surface area contributed by atoms with Gasteiger partial charge in [0.15, 0.2) is 0 Å². The largest absolute Gasteiger partial charge is 0.269 e. The molecule has 1 saturated carbocycles. The van der Waals surface area contributed by atoms with Crippen LogP contribution in [0, 0.1) is 18.8 Å². The predicted octanol–water partition coefficient (Wildman–Crippen LogP) is 3.49. The van der Waals surface area contributed by atoms with Crippen LogP contribution < -0.4 is 0 Å². The molecule has 0 saturated heterocycles. The van der Waals surface area contributed by atoms with E-state index in [4.69, 9.17) is 0 Å². The van der Waals surface area contributed by atoms with Crippen LogP contribution >= 0.6 is 0 Å². The second-order valence-corrected chi connectivity index (χ2v) is 8.03. The van der Waals surface area contributed by atoms with Crippen molar-refractivity contribution >= 4 is 10.0 Å². The van der Waals surface area contributed by atoms with E-state index in [-0.39, 0.29) is 5.92 Å². The minimum absolute atomic E-state index is 0.140. The summed E-state index contributed by atoms with van der Waals surface area (Å²) in [6.45, 7) is 8.41. The first-order chi connectivity index (χ1) is 9.89. The molecule has 112 valence electrons. The molecule has 1 aliphatic carbocycles. The molecule has 1 fully saturated rings. The van der Waals surface area contributed by atoms with Crippen LogP contribution in [0.3, 0.4) is 0 Å². The van der Waals surface area contributed by atoms with Crippen molar-refractivity contribution in [1.29, 1.82) is 0 Å². The molecular formula is C17H21NO2S. The number of hydrogen-bond acceptors (Lipinski definition) is 2. The van der Waals surface area contributed by atoms with Crippen LogP contribution in [-0.2, 0) is 10.0 Å². The first kappa shape index (κ1) is 14.4. The average molecular weight is 303 g/mol. The van der Waals surface area contributed by atoms with Crippen molar-refractivity contribution in [3.8, 4) is 0 Å². The quantitative estimate of drug-likeness (QED) is 0.799. The summed E-state index contributed by atoms with van der Waals surface area (Å²) >= 11 is 0. The molecule has 21 heavy (non-hydrogen) atoms. The van der Waals surface area contributed by atoms with Gasteiger partial charge >= 0.3 is 0 Å². The number of nitrogens with zero attached hydrogens (tertiary/aromatic N) is 1.